The Labute approximate surface area is 170 Å². The Kier molecular flexibility index (Phi) is 4.26. The lowest BCUT2D eigenvalue weighted by molar-refractivity contribution is 0.0752. The molecule has 2 heterocycles. The fraction of sp³-hybridized carbons (Fsp3) is 0.375. The van der Waals surface area contributed by atoms with Crippen molar-refractivity contribution in [1.29, 1.82) is 0 Å². The number of hydrogen-bond acceptors (Lipinski definition) is 4. The second-order valence-corrected chi connectivity index (χ2v) is 8.41. The van der Waals surface area contributed by atoms with Gasteiger partial charge in [-0.15, -0.1) is 0 Å². The van der Waals surface area contributed by atoms with E-state index in [1.807, 2.05) is 29.3 Å². The van der Waals surface area contributed by atoms with E-state index in [0.717, 1.165) is 39.6 Å². The van der Waals surface area contributed by atoms with Crippen molar-refractivity contribution in [1.82, 2.24) is 14.9 Å². The van der Waals surface area contributed by atoms with Gasteiger partial charge in [0.25, 0.3) is 5.91 Å². The number of benzene rings is 2. The van der Waals surface area contributed by atoms with Crippen LogP contribution in [0.4, 0.5) is 0 Å². The van der Waals surface area contributed by atoms with Crippen LogP contribution in [0.1, 0.15) is 53.4 Å². The van der Waals surface area contributed by atoms with E-state index in [-0.39, 0.29) is 5.91 Å². The third-order valence-electron chi connectivity index (χ3n) is 6.48. The van der Waals surface area contributed by atoms with Crippen LogP contribution in [0.5, 0.6) is 6.01 Å². The van der Waals surface area contributed by atoms with Gasteiger partial charge in [-0.05, 0) is 48.6 Å². The smallest absolute Gasteiger partial charge is 0.316 e. The van der Waals surface area contributed by atoms with Gasteiger partial charge >= 0.3 is 6.01 Å². The van der Waals surface area contributed by atoms with Crippen LogP contribution in [-0.2, 0) is 13.1 Å². The molecule has 0 saturated heterocycles. The number of hydrogen-bond donors (Lipinski definition) is 0. The van der Waals surface area contributed by atoms with E-state index in [2.05, 4.69) is 42.0 Å². The molecule has 0 atom stereocenters. The normalized spacial score (nSPS) is 16.7. The van der Waals surface area contributed by atoms with Gasteiger partial charge < -0.3 is 9.64 Å². The first-order valence-electron chi connectivity index (χ1n) is 10.3. The monoisotopic (exact) mass is 387 g/mol. The highest BCUT2D eigenvalue weighted by atomic mass is 16.5. The van der Waals surface area contributed by atoms with Gasteiger partial charge in [0, 0.05) is 29.3 Å². The number of aryl methyl sites for hydroxylation is 1. The lowest BCUT2D eigenvalue weighted by Crippen LogP contribution is -2.25. The first kappa shape index (κ1) is 18.1. The summed E-state index contributed by atoms with van der Waals surface area (Å²) >= 11 is 0. The van der Waals surface area contributed by atoms with Crippen molar-refractivity contribution in [2.75, 3.05) is 6.61 Å². The number of fused-ring (bicyclic) bond motifs is 2. The van der Waals surface area contributed by atoms with Gasteiger partial charge in [0.15, 0.2) is 0 Å². The van der Waals surface area contributed by atoms with E-state index in [1.54, 1.807) is 0 Å². The largest absolute Gasteiger partial charge is 0.463 e. The zero-order chi connectivity index (χ0) is 20.0. The van der Waals surface area contributed by atoms with Gasteiger partial charge in [0.1, 0.15) is 0 Å². The van der Waals surface area contributed by atoms with Crippen LogP contribution >= 0.6 is 0 Å². The van der Waals surface area contributed by atoms with Crippen molar-refractivity contribution in [3.05, 3.63) is 65.0 Å². The van der Waals surface area contributed by atoms with Crippen molar-refractivity contribution in [2.45, 2.75) is 46.2 Å². The summed E-state index contributed by atoms with van der Waals surface area (Å²) in [6.45, 7) is 5.97. The molecule has 0 unspecified atom stereocenters. The van der Waals surface area contributed by atoms with Gasteiger partial charge in [-0.2, -0.15) is 4.98 Å². The molecule has 3 aromatic rings. The standard InChI is InChI=1S/C24H25N3O2/c1-3-24(10-11-24)15-29-23-25-12-18-13-27(14-20(18)26-23)22(28)19-9-5-8-17-7-4-6-16(2)21(17)19/h4-9,12H,3,10-11,13-15H2,1-2H3. The van der Waals surface area contributed by atoms with Crippen molar-refractivity contribution < 1.29 is 9.53 Å². The highest BCUT2D eigenvalue weighted by molar-refractivity contribution is 6.08. The summed E-state index contributed by atoms with van der Waals surface area (Å²) in [5.74, 6) is 0.0354. The van der Waals surface area contributed by atoms with E-state index in [4.69, 9.17) is 4.74 Å². The molecule has 0 bridgehead atoms. The predicted molar refractivity (Wildman–Crippen MR) is 112 cm³/mol. The SMILES string of the molecule is CCC1(COc2ncc3c(n2)CN(C(=O)c2cccc4cccc(C)c24)C3)CC1. The van der Waals surface area contributed by atoms with Gasteiger partial charge in [0.05, 0.1) is 18.8 Å². The number of rotatable bonds is 5. The molecule has 1 aromatic heterocycles. The zero-order valence-corrected chi connectivity index (χ0v) is 16.9. The summed E-state index contributed by atoms with van der Waals surface area (Å²) < 4.78 is 5.88. The molecule has 2 aliphatic rings. The molecule has 0 spiro atoms. The lowest BCUT2D eigenvalue weighted by atomic mass is 9.99. The van der Waals surface area contributed by atoms with Crippen LogP contribution in [0, 0.1) is 12.3 Å². The van der Waals surface area contributed by atoms with E-state index in [9.17, 15) is 4.79 Å². The fourth-order valence-electron chi connectivity index (χ4n) is 4.22. The highest BCUT2D eigenvalue weighted by Gasteiger charge is 2.41. The summed E-state index contributed by atoms with van der Waals surface area (Å²) in [5, 5.41) is 2.12. The number of amides is 1. The maximum absolute atomic E-state index is 13.3. The molecule has 1 saturated carbocycles. The lowest BCUT2D eigenvalue weighted by Gasteiger charge is -2.17. The molecular formula is C24H25N3O2. The van der Waals surface area contributed by atoms with Crippen LogP contribution in [0.3, 0.4) is 0 Å². The molecular weight excluding hydrogens is 362 g/mol. The third-order valence-corrected chi connectivity index (χ3v) is 6.48. The van der Waals surface area contributed by atoms with Crippen LogP contribution in [0.25, 0.3) is 10.8 Å². The van der Waals surface area contributed by atoms with Gasteiger partial charge in [-0.25, -0.2) is 4.98 Å². The molecule has 5 rings (SSSR count). The van der Waals surface area contributed by atoms with Gasteiger partial charge in [-0.1, -0.05) is 37.3 Å². The molecule has 148 valence electrons. The maximum Gasteiger partial charge on any atom is 0.316 e. The minimum atomic E-state index is 0.0354. The molecule has 0 radical (unpaired) electrons. The Hall–Kier alpha value is -2.95. The first-order valence-corrected chi connectivity index (χ1v) is 10.3. The highest BCUT2D eigenvalue weighted by Crippen LogP contribution is 2.48. The molecule has 1 aliphatic carbocycles. The van der Waals surface area contributed by atoms with E-state index < -0.39 is 0 Å². The van der Waals surface area contributed by atoms with Crippen LogP contribution < -0.4 is 4.74 Å². The van der Waals surface area contributed by atoms with E-state index in [1.165, 1.54) is 12.8 Å². The van der Waals surface area contributed by atoms with Crippen molar-refractivity contribution in [3.8, 4) is 6.01 Å². The minimum absolute atomic E-state index is 0.0354. The first-order chi connectivity index (χ1) is 14.1. The van der Waals surface area contributed by atoms with Crippen molar-refractivity contribution in [2.24, 2.45) is 5.41 Å². The van der Waals surface area contributed by atoms with Crippen molar-refractivity contribution >= 4 is 16.7 Å². The second kappa shape index (κ2) is 6.83. The Bertz CT molecular complexity index is 1100. The maximum atomic E-state index is 13.3. The average molecular weight is 387 g/mol. The van der Waals surface area contributed by atoms with Crippen molar-refractivity contribution in [3.63, 3.8) is 0 Å². The average Bonchev–Trinajstić information content (AvgIpc) is 3.41. The Morgan fingerprint density at radius 1 is 1.17 bits per heavy atom. The Morgan fingerprint density at radius 2 is 1.97 bits per heavy atom. The molecule has 5 nitrogen and oxygen atoms in total. The van der Waals surface area contributed by atoms with E-state index in [0.29, 0.717) is 31.1 Å². The number of carbonyl (C=O) groups is 1. The summed E-state index contributed by atoms with van der Waals surface area (Å²) in [7, 11) is 0. The summed E-state index contributed by atoms with van der Waals surface area (Å²) in [6.07, 6.45) is 5.39. The Balaban J connectivity index is 1.36. The molecule has 5 heteroatoms. The summed E-state index contributed by atoms with van der Waals surface area (Å²) in [4.78, 5) is 24.1. The Morgan fingerprint density at radius 3 is 2.72 bits per heavy atom. The minimum Gasteiger partial charge on any atom is -0.463 e. The quantitative estimate of drug-likeness (QED) is 0.639. The number of aromatic nitrogens is 2. The number of carbonyl (C=O) groups excluding carboxylic acids is 1. The molecule has 2 aromatic carbocycles. The molecule has 1 fully saturated rings. The molecule has 1 aliphatic heterocycles. The second-order valence-electron chi connectivity index (χ2n) is 8.41. The number of nitrogens with zero attached hydrogens (tertiary/aromatic N) is 3. The summed E-state index contributed by atoms with van der Waals surface area (Å²) in [5.41, 5.74) is 4.08. The van der Waals surface area contributed by atoms with Gasteiger partial charge in [-0.3, -0.25) is 4.79 Å². The molecule has 0 N–H and O–H groups in total. The molecule has 29 heavy (non-hydrogen) atoms. The zero-order valence-electron chi connectivity index (χ0n) is 16.9. The van der Waals surface area contributed by atoms with Crippen LogP contribution in [0.2, 0.25) is 0 Å². The number of ether oxygens (including phenoxy) is 1. The third kappa shape index (κ3) is 3.24. The molecule has 1 amide bonds. The topological polar surface area (TPSA) is 55.3 Å². The van der Waals surface area contributed by atoms with E-state index >= 15 is 0 Å². The van der Waals surface area contributed by atoms with Gasteiger partial charge in [0.2, 0.25) is 0 Å². The van der Waals surface area contributed by atoms with Crippen LogP contribution in [0.15, 0.2) is 42.6 Å². The summed E-state index contributed by atoms with van der Waals surface area (Å²) in [6, 6.07) is 12.5. The predicted octanol–water partition coefficient (Wildman–Crippen LogP) is 4.66. The fourth-order valence-corrected chi connectivity index (χ4v) is 4.22. The van der Waals surface area contributed by atoms with Crippen LogP contribution in [-0.4, -0.2) is 27.4 Å².